The molecular formula is C25H24FN3O3. The Hall–Kier alpha value is -3.48. The molecule has 1 aromatic heterocycles. The number of alkyl halides is 1. The van der Waals surface area contributed by atoms with Crippen LogP contribution in [0.3, 0.4) is 0 Å². The number of likely N-dealkylation sites (tertiary alicyclic amines) is 1. The molecule has 2 aliphatic heterocycles. The summed E-state index contributed by atoms with van der Waals surface area (Å²) in [7, 11) is 0. The number of nitrogens with zero attached hydrogens (tertiary/aromatic N) is 3. The van der Waals surface area contributed by atoms with E-state index in [2.05, 4.69) is 0 Å². The quantitative estimate of drug-likeness (QED) is 0.593. The van der Waals surface area contributed by atoms with Crippen LogP contribution < -0.4 is 0 Å². The van der Waals surface area contributed by atoms with Crippen molar-refractivity contribution in [3.63, 3.8) is 0 Å². The summed E-state index contributed by atoms with van der Waals surface area (Å²) in [6.45, 7) is 2.31. The fourth-order valence-corrected chi connectivity index (χ4v) is 4.89. The molecule has 7 heteroatoms. The number of aromatic nitrogens is 1. The van der Waals surface area contributed by atoms with Crippen LogP contribution in [0.15, 0.2) is 54.7 Å². The lowest BCUT2D eigenvalue weighted by molar-refractivity contribution is -0.144. The number of Topliss-reactive ketones (excluding diaryl/α,β-unsaturated/α-hetero) is 1. The number of carbonyl (C=O) groups is 3. The van der Waals surface area contributed by atoms with Crippen LogP contribution in [0.4, 0.5) is 4.39 Å². The Morgan fingerprint density at radius 3 is 2.34 bits per heavy atom. The molecule has 1 saturated heterocycles. The van der Waals surface area contributed by atoms with Gasteiger partial charge in [-0.2, -0.15) is 0 Å². The Bertz CT molecular complexity index is 1210. The third-order valence-electron chi connectivity index (χ3n) is 6.48. The molecule has 2 amide bonds. The van der Waals surface area contributed by atoms with Crippen LogP contribution in [-0.4, -0.2) is 50.7 Å². The van der Waals surface area contributed by atoms with Crippen LogP contribution >= 0.6 is 0 Å². The van der Waals surface area contributed by atoms with Gasteiger partial charge in [-0.05, 0) is 24.1 Å². The lowest BCUT2D eigenvalue weighted by Gasteiger charge is -2.27. The highest BCUT2D eigenvalue weighted by Crippen LogP contribution is 2.29. The normalized spacial score (nSPS) is 20.1. The average Bonchev–Trinajstić information content (AvgIpc) is 3.48. The number of fused-ring (bicyclic) bond motifs is 2. The Morgan fingerprint density at radius 2 is 1.66 bits per heavy atom. The van der Waals surface area contributed by atoms with Gasteiger partial charge >= 0.3 is 0 Å². The molecule has 0 radical (unpaired) electrons. The molecule has 0 unspecified atom stereocenters. The van der Waals surface area contributed by atoms with E-state index in [0.717, 1.165) is 22.0 Å². The molecule has 0 N–H and O–H groups in total. The van der Waals surface area contributed by atoms with Crippen molar-refractivity contribution in [1.29, 1.82) is 0 Å². The van der Waals surface area contributed by atoms with Gasteiger partial charge in [-0.1, -0.05) is 42.5 Å². The highest BCUT2D eigenvalue weighted by molar-refractivity contribution is 6.07. The van der Waals surface area contributed by atoms with E-state index in [4.69, 9.17) is 0 Å². The second-order valence-electron chi connectivity index (χ2n) is 8.60. The minimum absolute atomic E-state index is 0.0164. The topological polar surface area (TPSA) is 62.6 Å². The summed E-state index contributed by atoms with van der Waals surface area (Å²) in [4.78, 5) is 41.6. The molecule has 0 saturated carbocycles. The smallest absolute Gasteiger partial charge is 0.246 e. The molecule has 3 aromatic rings. The van der Waals surface area contributed by atoms with Crippen LogP contribution in [0.5, 0.6) is 0 Å². The third kappa shape index (κ3) is 3.47. The summed E-state index contributed by atoms with van der Waals surface area (Å²) < 4.78 is 16.1. The predicted octanol–water partition coefficient (Wildman–Crippen LogP) is 3.33. The number of hydrogen-bond acceptors (Lipinski definition) is 3. The molecule has 3 heterocycles. The highest BCUT2D eigenvalue weighted by Gasteiger charge is 2.42. The van der Waals surface area contributed by atoms with Crippen LogP contribution in [0.1, 0.15) is 34.8 Å². The second kappa shape index (κ2) is 7.89. The van der Waals surface area contributed by atoms with Crippen molar-refractivity contribution in [3.05, 3.63) is 71.4 Å². The zero-order valence-corrected chi connectivity index (χ0v) is 17.8. The van der Waals surface area contributed by atoms with E-state index in [9.17, 15) is 18.8 Å². The zero-order chi connectivity index (χ0) is 22.4. The molecular weight excluding hydrogens is 409 g/mol. The number of benzene rings is 2. The van der Waals surface area contributed by atoms with E-state index in [0.29, 0.717) is 18.7 Å². The molecule has 0 aliphatic carbocycles. The van der Waals surface area contributed by atoms with Crippen LogP contribution in [0, 0.1) is 0 Å². The Labute approximate surface area is 185 Å². The standard InChI is InChI=1S/C25H24FN3O3/c1-16(30)21-14-27(22-9-5-4-8-20(21)22)15-24(31)29-13-19(26)10-23(29)25(32)28-11-17-6-2-3-7-18(17)12-28/h2-9,14,19,23H,10-13,15H2,1H3/t19-,23+/m1/s1. The first-order valence-corrected chi connectivity index (χ1v) is 10.8. The van der Waals surface area contributed by atoms with Gasteiger partial charge in [-0.25, -0.2) is 4.39 Å². The molecule has 2 aromatic carbocycles. The fraction of sp³-hybridized carbons (Fsp3) is 0.320. The maximum atomic E-state index is 14.4. The predicted molar refractivity (Wildman–Crippen MR) is 118 cm³/mol. The summed E-state index contributed by atoms with van der Waals surface area (Å²) in [5, 5.41) is 0.778. The number of amides is 2. The van der Waals surface area contributed by atoms with Crippen molar-refractivity contribution in [3.8, 4) is 0 Å². The number of hydrogen-bond donors (Lipinski definition) is 0. The van der Waals surface area contributed by atoms with Crippen LogP contribution in [0.25, 0.3) is 10.9 Å². The van der Waals surface area contributed by atoms with Gasteiger partial charge in [0.05, 0.1) is 6.54 Å². The summed E-state index contributed by atoms with van der Waals surface area (Å²) >= 11 is 0. The van der Waals surface area contributed by atoms with Crippen molar-refractivity contribution in [1.82, 2.24) is 14.4 Å². The lowest BCUT2D eigenvalue weighted by Crippen LogP contribution is -2.47. The van der Waals surface area contributed by atoms with Gasteiger partial charge in [-0.3, -0.25) is 14.4 Å². The van der Waals surface area contributed by atoms with Gasteiger partial charge in [0.1, 0.15) is 18.8 Å². The maximum absolute atomic E-state index is 14.4. The van der Waals surface area contributed by atoms with E-state index in [1.54, 1.807) is 15.7 Å². The van der Waals surface area contributed by atoms with E-state index in [1.807, 2.05) is 48.5 Å². The summed E-state index contributed by atoms with van der Waals surface area (Å²) in [6.07, 6.45) is 0.455. The minimum Gasteiger partial charge on any atom is -0.337 e. The number of para-hydroxylation sites is 1. The third-order valence-corrected chi connectivity index (χ3v) is 6.48. The van der Waals surface area contributed by atoms with E-state index >= 15 is 0 Å². The van der Waals surface area contributed by atoms with Crippen molar-refractivity contribution < 1.29 is 18.8 Å². The first-order chi connectivity index (χ1) is 15.4. The van der Waals surface area contributed by atoms with Crippen LogP contribution in [-0.2, 0) is 29.2 Å². The number of rotatable bonds is 4. The number of carbonyl (C=O) groups excluding carboxylic acids is 3. The molecule has 6 nitrogen and oxygen atoms in total. The Morgan fingerprint density at radius 1 is 1.00 bits per heavy atom. The molecule has 0 spiro atoms. The molecule has 5 rings (SSSR count). The van der Waals surface area contributed by atoms with Gasteiger partial charge < -0.3 is 14.4 Å². The molecule has 1 fully saturated rings. The van der Waals surface area contributed by atoms with E-state index in [1.165, 1.54) is 11.8 Å². The van der Waals surface area contributed by atoms with Gasteiger partial charge in [0, 0.05) is 42.2 Å². The average molecular weight is 433 g/mol. The van der Waals surface area contributed by atoms with Crippen LogP contribution in [0.2, 0.25) is 0 Å². The first-order valence-electron chi connectivity index (χ1n) is 10.8. The molecule has 2 atom stereocenters. The van der Waals surface area contributed by atoms with E-state index in [-0.39, 0.29) is 37.1 Å². The number of halogens is 1. The van der Waals surface area contributed by atoms with Gasteiger partial charge in [-0.15, -0.1) is 0 Å². The van der Waals surface area contributed by atoms with Crippen molar-refractivity contribution >= 4 is 28.5 Å². The summed E-state index contributed by atoms with van der Waals surface area (Å²) in [6, 6.07) is 14.4. The maximum Gasteiger partial charge on any atom is 0.246 e. The molecule has 2 aliphatic rings. The lowest BCUT2D eigenvalue weighted by atomic mass is 10.1. The summed E-state index contributed by atoms with van der Waals surface area (Å²) in [5.74, 6) is -0.619. The van der Waals surface area contributed by atoms with Crippen molar-refractivity contribution in [2.24, 2.45) is 0 Å². The second-order valence-corrected chi connectivity index (χ2v) is 8.60. The monoisotopic (exact) mass is 433 g/mol. The zero-order valence-electron chi connectivity index (χ0n) is 17.8. The SMILES string of the molecule is CC(=O)c1cn(CC(=O)N2C[C@H](F)C[C@H]2C(=O)N2Cc3ccccc3C2)c2ccccc12. The van der Waals surface area contributed by atoms with Gasteiger partial charge in [0.2, 0.25) is 11.8 Å². The van der Waals surface area contributed by atoms with E-state index < -0.39 is 12.2 Å². The Balaban J connectivity index is 1.37. The van der Waals surface area contributed by atoms with Gasteiger partial charge in [0.25, 0.3) is 0 Å². The number of ketones is 1. The molecule has 164 valence electrons. The molecule has 32 heavy (non-hydrogen) atoms. The first kappa shape index (κ1) is 20.4. The summed E-state index contributed by atoms with van der Waals surface area (Å²) in [5.41, 5.74) is 3.48. The van der Waals surface area contributed by atoms with Gasteiger partial charge in [0.15, 0.2) is 5.78 Å². The molecule has 0 bridgehead atoms. The largest absolute Gasteiger partial charge is 0.337 e. The Kier molecular flexibility index (Phi) is 5.04. The highest BCUT2D eigenvalue weighted by atomic mass is 19.1. The fourth-order valence-electron chi connectivity index (χ4n) is 4.89. The minimum atomic E-state index is -1.23. The van der Waals surface area contributed by atoms with Crippen molar-refractivity contribution in [2.75, 3.05) is 6.54 Å². The van der Waals surface area contributed by atoms with Crippen molar-refractivity contribution in [2.45, 2.75) is 45.2 Å².